The Balaban J connectivity index is 0.00000169. The van der Waals surface area contributed by atoms with Crippen LogP contribution in [0.3, 0.4) is 0 Å². The van der Waals surface area contributed by atoms with E-state index in [2.05, 4.69) is 4.90 Å². The SMILES string of the molecule is Cl.Cl.Nc1cccc(C(=O)N2CCN(CC(O)c3ccccc3)CC2)c1. The molecule has 2 aromatic rings. The third-order valence-corrected chi connectivity index (χ3v) is 4.41. The zero-order valence-electron chi connectivity index (χ0n) is 14.5. The van der Waals surface area contributed by atoms with Gasteiger partial charge in [0.1, 0.15) is 0 Å². The van der Waals surface area contributed by atoms with Crippen LogP contribution in [0.2, 0.25) is 0 Å². The Bertz CT molecular complexity index is 692. The number of amides is 1. The molecule has 0 saturated carbocycles. The van der Waals surface area contributed by atoms with Crippen molar-refractivity contribution in [3.8, 4) is 0 Å². The summed E-state index contributed by atoms with van der Waals surface area (Å²) in [5.74, 6) is 0.0190. The number of piperazine rings is 1. The fourth-order valence-corrected chi connectivity index (χ4v) is 3.01. The van der Waals surface area contributed by atoms with Crippen LogP contribution in [0, 0.1) is 0 Å². The lowest BCUT2D eigenvalue weighted by Gasteiger charge is -2.35. The van der Waals surface area contributed by atoms with Crippen LogP contribution < -0.4 is 5.73 Å². The molecular formula is C19H25Cl2N3O2. The van der Waals surface area contributed by atoms with Gasteiger partial charge < -0.3 is 15.7 Å². The molecule has 1 amide bonds. The molecule has 0 bridgehead atoms. The van der Waals surface area contributed by atoms with Gasteiger partial charge in [0.05, 0.1) is 6.10 Å². The summed E-state index contributed by atoms with van der Waals surface area (Å²) in [7, 11) is 0. The number of rotatable bonds is 4. The number of nitrogen functional groups attached to an aromatic ring is 1. The molecule has 7 heteroatoms. The molecule has 1 heterocycles. The van der Waals surface area contributed by atoms with E-state index in [1.54, 1.807) is 24.3 Å². The van der Waals surface area contributed by atoms with Crippen LogP contribution in [-0.2, 0) is 0 Å². The number of nitrogens with two attached hydrogens (primary N) is 1. The lowest BCUT2D eigenvalue weighted by molar-refractivity contribution is 0.0527. The van der Waals surface area contributed by atoms with E-state index >= 15 is 0 Å². The van der Waals surface area contributed by atoms with Gasteiger partial charge in [-0.15, -0.1) is 24.8 Å². The minimum atomic E-state index is -0.498. The molecule has 1 aliphatic heterocycles. The molecule has 1 fully saturated rings. The first-order valence-corrected chi connectivity index (χ1v) is 8.23. The number of benzene rings is 2. The van der Waals surface area contributed by atoms with E-state index in [1.165, 1.54) is 0 Å². The number of hydrogen-bond acceptors (Lipinski definition) is 4. The van der Waals surface area contributed by atoms with Crippen molar-refractivity contribution in [2.75, 3.05) is 38.5 Å². The van der Waals surface area contributed by atoms with Crippen molar-refractivity contribution in [3.05, 3.63) is 65.7 Å². The topological polar surface area (TPSA) is 69.8 Å². The summed E-state index contributed by atoms with van der Waals surface area (Å²) in [5.41, 5.74) is 7.91. The Morgan fingerprint density at radius 2 is 1.65 bits per heavy atom. The molecule has 3 N–H and O–H groups in total. The first-order valence-electron chi connectivity index (χ1n) is 8.23. The number of carbonyl (C=O) groups excluding carboxylic acids is 1. The second-order valence-electron chi connectivity index (χ2n) is 6.14. The predicted octanol–water partition coefficient (Wildman–Crippen LogP) is 2.60. The maximum atomic E-state index is 12.5. The van der Waals surface area contributed by atoms with Gasteiger partial charge in [0.2, 0.25) is 0 Å². The molecule has 1 unspecified atom stereocenters. The van der Waals surface area contributed by atoms with Gasteiger partial charge >= 0.3 is 0 Å². The van der Waals surface area contributed by atoms with E-state index in [0.29, 0.717) is 30.9 Å². The lowest BCUT2D eigenvalue weighted by Crippen LogP contribution is -2.49. The molecule has 0 aromatic heterocycles. The average molecular weight is 398 g/mol. The maximum absolute atomic E-state index is 12.5. The first kappa shape index (κ1) is 22.3. The van der Waals surface area contributed by atoms with E-state index in [9.17, 15) is 9.90 Å². The zero-order chi connectivity index (χ0) is 16.9. The summed E-state index contributed by atoms with van der Waals surface area (Å²) in [4.78, 5) is 16.5. The Hall–Kier alpha value is -1.79. The fraction of sp³-hybridized carbons (Fsp3) is 0.316. The highest BCUT2D eigenvalue weighted by atomic mass is 35.5. The van der Waals surface area contributed by atoms with Crippen LogP contribution in [0.25, 0.3) is 0 Å². The fourth-order valence-electron chi connectivity index (χ4n) is 3.01. The van der Waals surface area contributed by atoms with Gasteiger partial charge in [-0.2, -0.15) is 0 Å². The van der Waals surface area contributed by atoms with Crippen molar-refractivity contribution in [1.82, 2.24) is 9.80 Å². The van der Waals surface area contributed by atoms with E-state index in [4.69, 9.17) is 5.73 Å². The van der Waals surface area contributed by atoms with Crippen LogP contribution in [0.1, 0.15) is 22.0 Å². The minimum Gasteiger partial charge on any atom is -0.399 e. The summed E-state index contributed by atoms with van der Waals surface area (Å²) in [6.07, 6.45) is -0.498. The Morgan fingerprint density at radius 1 is 1.00 bits per heavy atom. The van der Waals surface area contributed by atoms with Gasteiger partial charge in [-0.25, -0.2) is 0 Å². The third-order valence-electron chi connectivity index (χ3n) is 4.41. The molecule has 0 radical (unpaired) electrons. The largest absolute Gasteiger partial charge is 0.399 e. The molecular weight excluding hydrogens is 373 g/mol. The normalized spacial score (nSPS) is 15.5. The van der Waals surface area contributed by atoms with Crippen molar-refractivity contribution in [2.45, 2.75) is 6.10 Å². The van der Waals surface area contributed by atoms with Crippen LogP contribution in [0.4, 0.5) is 5.69 Å². The molecule has 0 aliphatic carbocycles. The summed E-state index contributed by atoms with van der Waals surface area (Å²) < 4.78 is 0. The molecule has 1 aliphatic rings. The van der Waals surface area contributed by atoms with Gasteiger partial charge in [-0.3, -0.25) is 9.69 Å². The monoisotopic (exact) mass is 397 g/mol. The smallest absolute Gasteiger partial charge is 0.254 e. The molecule has 5 nitrogen and oxygen atoms in total. The summed E-state index contributed by atoms with van der Waals surface area (Å²) in [6, 6.07) is 16.8. The molecule has 2 aromatic carbocycles. The van der Waals surface area contributed by atoms with Crippen LogP contribution >= 0.6 is 24.8 Å². The van der Waals surface area contributed by atoms with Crippen LogP contribution in [0.15, 0.2) is 54.6 Å². The minimum absolute atomic E-state index is 0. The van der Waals surface area contributed by atoms with E-state index in [0.717, 1.165) is 18.7 Å². The number of hydrogen-bond donors (Lipinski definition) is 2. The van der Waals surface area contributed by atoms with E-state index in [1.807, 2.05) is 35.2 Å². The number of nitrogens with zero attached hydrogens (tertiary/aromatic N) is 2. The maximum Gasteiger partial charge on any atom is 0.254 e. The van der Waals surface area contributed by atoms with E-state index < -0.39 is 6.10 Å². The summed E-state index contributed by atoms with van der Waals surface area (Å²) in [5, 5.41) is 10.3. The number of anilines is 1. The van der Waals surface area contributed by atoms with Gasteiger partial charge in [0, 0.05) is 44.0 Å². The number of halogens is 2. The second-order valence-corrected chi connectivity index (χ2v) is 6.14. The first-order chi connectivity index (χ1) is 11.6. The Morgan fingerprint density at radius 3 is 2.27 bits per heavy atom. The quantitative estimate of drug-likeness (QED) is 0.777. The molecule has 1 atom stereocenters. The van der Waals surface area contributed by atoms with Crippen LogP contribution in [-0.4, -0.2) is 53.5 Å². The lowest BCUT2D eigenvalue weighted by atomic mass is 10.1. The number of β-amino-alcohol motifs (C(OH)–C–C–N with tert-alkyl or cyclic N) is 1. The Labute approximate surface area is 166 Å². The van der Waals surface area contributed by atoms with Crippen molar-refractivity contribution < 1.29 is 9.90 Å². The predicted molar refractivity (Wildman–Crippen MR) is 109 cm³/mol. The standard InChI is InChI=1S/C19H23N3O2.2ClH/c20-17-8-4-7-16(13-17)19(24)22-11-9-21(10-12-22)14-18(23)15-5-2-1-3-6-15;;/h1-8,13,18,23H,9-12,14,20H2;2*1H. The zero-order valence-corrected chi connectivity index (χ0v) is 16.1. The third kappa shape index (κ3) is 5.61. The number of aliphatic hydroxyl groups is 1. The Kier molecular flexibility index (Phi) is 8.88. The molecule has 1 saturated heterocycles. The van der Waals surface area contributed by atoms with Crippen molar-refractivity contribution in [1.29, 1.82) is 0 Å². The average Bonchev–Trinajstić information content (AvgIpc) is 2.62. The van der Waals surface area contributed by atoms with Gasteiger partial charge in [0.25, 0.3) is 5.91 Å². The van der Waals surface area contributed by atoms with Crippen molar-refractivity contribution in [3.63, 3.8) is 0 Å². The van der Waals surface area contributed by atoms with Gasteiger partial charge in [0.15, 0.2) is 0 Å². The summed E-state index contributed by atoms with van der Waals surface area (Å²) in [6.45, 7) is 3.44. The van der Waals surface area contributed by atoms with Gasteiger partial charge in [-0.05, 0) is 23.8 Å². The number of aliphatic hydroxyl groups excluding tert-OH is 1. The summed E-state index contributed by atoms with van der Waals surface area (Å²) >= 11 is 0. The van der Waals surface area contributed by atoms with Crippen LogP contribution in [0.5, 0.6) is 0 Å². The van der Waals surface area contributed by atoms with Gasteiger partial charge in [-0.1, -0.05) is 36.4 Å². The molecule has 142 valence electrons. The van der Waals surface area contributed by atoms with Crippen molar-refractivity contribution in [2.24, 2.45) is 0 Å². The highest BCUT2D eigenvalue weighted by molar-refractivity contribution is 5.95. The van der Waals surface area contributed by atoms with Crippen molar-refractivity contribution >= 4 is 36.4 Å². The van der Waals surface area contributed by atoms with E-state index in [-0.39, 0.29) is 30.7 Å². The molecule has 3 rings (SSSR count). The molecule has 26 heavy (non-hydrogen) atoms. The highest BCUT2D eigenvalue weighted by Gasteiger charge is 2.23. The second kappa shape index (κ2) is 10.4. The number of carbonyl (C=O) groups is 1. The molecule has 0 spiro atoms. The highest BCUT2D eigenvalue weighted by Crippen LogP contribution is 2.16.